The molecule has 0 aromatic heterocycles. The van der Waals surface area contributed by atoms with E-state index in [1.165, 1.54) is 57.1 Å². The van der Waals surface area contributed by atoms with Crippen LogP contribution in [0.2, 0.25) is 0 Å². The van der Waals surface area contributed by atoms with Crippen LogP contribution in [-0.2, 0) is 0 Å². The molecule has 2 atom stereocenters. The van der Waals surface area contributed by atoms with Gasteiger partial charge in [-0.25, -0.2) is 0 Å². The van der Waals surface area contributed by atoms with Gasteiger partial charge in [0.25, 0.3) is 0 Å². The summed E-state index contributed by atoms with van der Waals surface area (Å²) in [4.78, 5) is 0. The van der Waals surface area contributed by atoms with Crippen molar-refractivity contribution in [2.45, 2.75) is 62.7 Å². The largest absolute Gasteiger partial charge is 0.326 e. The maximum absolute atomic E-state index is 6.40. The van der Waals surface area contributed by atoms with E-state index < -0.39 is 0 Å². The zero-order valence-electron chi connectivity index (χ0n) is 9.08. The molecule has 1 aliphatic heterocycles. The quantitative estimate of drug-likeness (QED) is 0.713. The van der Waals surface area contributed by atoms with Crippen LogP contribution < -0.4 is 5.73 Å². The van der Waals surface area contributed by atoms with Crippen LogP contribution in [0, 0.1) is 5.92 Å². The second-order valence-corrected chi connectivity index (χ2v) is 6.23. The van der Waals surface area contributed by atoms with Gasteiger partial charge in [0, 0.05) is 11.3 Å². The summed E-state index contributed by atoms with van der Waals surface area (Å²) in [5, 5.41) is 0.790. The Hall–Kier alpha value is 0.310. The smallest absolute Gasteiger partial charge is 0.0202 e. The molecule has 2 rings (SSSR count). The summed E-state index contributed by atoms with van der Waals surface area (Å²) >= 11 is 2.13. The van der Waals surface area contributed by atoms with E-state index in [1.807, 2.05) is 0 Å². The van der Waals surface area contributed by atoms with Crippen LogP contribution in [0.1, 0.15) is 51.4 Å². The van der Waals surface area contributed by atoms with Gasteiger partial charge in [0.1, 0.15) is 0 Å². The second-order valence-electron chi connectivity index (χ2n) is 4.88. The molecular weight excluding hydrogens is 190 g/mol. The van der Waals surface area contributed by atoms with Gasteiger partial charge in [0.05, 0.1) is 0 Å². The molecule has 2 heteroatoms. The van der Waals surface area contributed by atoms with E-state index in [1.54, 1.807) is 0 Å². The van der Waals surface area contributed by atoms with Crippen molar-refractivity contribution in [3.8, 4) is 0 Å². The first kappa shape index (κ1) is 10.8. The van der Waals surface area contributed by atoms with Crippen molar-refractivity contribution in [2.75, 3.05) is 5.75 Å². The lowest BCUT2D eigenvalue weighted by molar-refractivity contribution is 0.363. The van der Waals surface area contributed by atoms with E-state index in [-0.39, 0.29) is 0 Å². The van der Waals surface area contributed by atoms with Crippen molar-refractivity contribution in [1.29, 1.82) is 0 Å². The molecule has 2 unspecified atom stereocenters. The highest BCUT2D eigenvalue weighted by Crippen LogP contribution is 2.34. The van der Waals surface area contributed by atoms with Crippen LogP contribution in [0.3, 0.4) is 0 Å². The third-order valence-corrected chi connectivity index (χ3v) is 5.34. The first-order valence-electron chi connectivity index (χ1n) is 6.25. The lowest BCUT2D eigenvalue weighted by Gasteiger charge is -2.27. The van der Waals surface area contributed by atoms with Crippen LogP contribution in [0.4, 0.5) is 0 Å². The van der Waals surface area contributed by atoms with Crippen LogP contribution in [0.25, 0.3) is 0 Å². The predicted molar refractivity (Wildman–Crippen MR) is 64.6 cm³/mol. The van der Waals surface area contributed by atoms with E-state index in [2.05, 4.69) is 11.8 Å². The molecule has 0 aromatic rings. The Kier molecular flexibility index (Phi) is 4.18. The van der Waals surface area contributed by atoms with Gasteiger partial charge in [-0.1, -0.05) is 25.7 Å². The van der Waals surface area contributed by atoms with Crippen LogP contribution >= 0.6 is 11.8 Å². The maximum Gasteiger partial charge on any atom is 0.0202 e. The van der Waals surface area contributed by atoms with Gasteiger partial charge >= 0.3 is 0 Å². The first-order valence-corrected chi connectivity index (χ1v) is 7.30. The van der Waals surface area contributed by atoms with Crippen molar-refractivity contribution in [1.82, 2.24) is 0 Å². The predicted octanol–water partition coefficient (Wildman–Crippen LogP) is 3.18. The number of nitrogens with two attached hydrogens (primary N) is 1. The number of thioether (sulfide) groups is 1. The van der Waals surface area contributed by atoms with Gasteiger partial charge in [-0.3, -0.25) is 0 Å². The Bertz CT molecular complexity index is 158. The highest BCUT2D eigenvalue weighted by Gasteiger charge is 2.29. The molecule has 1 saturated heterocycles. The summed E-state index contributed by atoms with van der Waals surface area (Å²) in [6.07, 6.45) is 11.3. The number of hydrogen-bond donors (Lipinski definition) is 1. The molecule has 1 aliphatic carbocycles. The molecule has 2 fully saturated rings. The fourth-order valence-corrected chi connectivity index (χ4v) is 4.32. The van der Waals surface area contributed by atoms with Gasteiger partial charge in [0.2, 0.25) is 0 Å². The summed E-state index contributed by atoms with van der Waals surface area (Å²) in [6, 6.07) is 0.501. The molecule has 0 amide bonds. The minimum Gasteiger partial charge on any atom is -0.326 e. The molecule has 1 nitrogen and oxygen atoms in total. The lowest BCUT2D eigenvalue weighted by atomic mass is 9.89. The van der Waals surface area contributed by atoms with E-state index in [9.17, 15) is 0 Å². The zero-order valence-corrected chi connectivity index (χ0v) is 9.90. The topological polar surface area (TPSA) is 26.0 Å². The summed E-state index contributed by atoms with van der Waals surface area (Å²) in [5.74, 6) is 2.19. The van der Waals surface area contributed by atoms with Crippen LogP contribution in [0.15, 0.2) is 0 Å². The Balaban J connectivity index is 1.84. The van der Waals surface area contributed by atoms with E-state index >= 15 is 0 Å². The second kappa shape index (κ2) is 5.41. The van der Waals surface area contributed by atoms with Crippen LogP contribution in [0.5, 0.6) is 0 Å². The summed E-state index contributed by atoms with van der Waals surface area (Å²) < 4.78 is 0. The lowest BCUT2D eigenvalue weighted by Crippen LogP contribution is -2.38. The maximum atomic E-state index is 6.40. The molecule has 2 aliphatic rings. The third-order valence-electron chi connectivity index (χ3n) is 3.84. The molecule has 0 spiro atoms. The Morgan fingerprint density at radius 1 is 0.929 bits per heavy atom. The molecule has 14 heavy (non-hydrogen) atoms. The van der Waals surface area contributed by atoms with Crippen molar-refractivity contribution in [3.63, 3.8) is 0 Å². The average molecular weight is 213 g/mol. The number of hydrogen-bond acceptors (Lipinski definition) is 2. The van der Waals surface area contributed by atoms with Crippen LogP contribution in [-0.4, -0.2) is 17.0 Å². The Morgan fingerprint density at radius 2 is 1.64 bits per heavy atom. The van der Waals surface area contributed by atoms with Gasteiger partial charge in [-0.15, -0.1) is 0 Å². The molecule has 0 bridgehead atoms. The molecule has 1 saturated carbocycles. The zero-order chi connectivity index (χ0) is 9.80. The van der Waals surface area contributed by atoms with Gasteiger partial charge in [0.15, 0.2) is 0 Å². The first-order chi connectivity index (χ1) is 6.88. The normalized spacial score (nSPS) is 32.8. The SMILES string of the molecule is NC(C1CCCCCC1)C1CCCS1. The van der Waals surface area contributed by atoms with E-state index in [4.69, 9.17) is 5.73 Å². The average Bonchev–Trinajstić information content (AvgIpc) is 2.59. The Labute approximate surface area is 92.2 Å². The third kappa shape index (κ3) is 2.66. The molecule has 2 N–H and O–H groups in total. The fourth-order valence-electron chi connectivity index (χ4n) is 2.91. The van der Waals surface area contributed by atoms with Gasteiger partial charge in [-0.2, -0.15) is 11.8 Å². The fraction of sp³-hybridized carbons (Fsp3) is 1.00. The molecular formula is C12H23NS. The summed E-state index contributed by atoms with van der Waals surface area (Å²) in [5.41, 5.74) is 6.40. The summed E-state index contributed by atoms with van der Waals surface area (Å²) in [7, 11) is 0. The standard InChI is InChI=1S/C12H23NS/c13-12(11-8-5-9-14-11)10-6-3-1-2-4-7-10/h10-12H,1-9,13H2. The molecule has 0 aromatic carbocycles. The molecule has 1 heterocycles. The molecule has 0 radical (unpaired) electrons. The number of rotatable bonds is 2. The van der Waals surface area contributed by atoms with E-state index in [0.29, 0.717) is 6.04 Å². The minimum atomic E-state index is 0.501. The van der Waals surface area contributed by atoms with Crippen molar-refractivity contribution < 1.29 is 0 Å². The van der Waals surface area contributed by atoms with Crippen molar-refractivity contribution >= 4 is 11.8 Å². The van der Waals surface area contributed by atoms with Gasteiger partial charge < -0.3 is 5.73 Å². The monoisotopic (exact) mass is 213 g/mol. The highest BCUT2D eigenvalue weighted by atomic mass is 32.2. The molecule has 82 valence electrons. The highest BCUT2D eigenvalue weighted by molar-refractivity contribution is 8.00. The van der Waals surface area contributed by atoms with Crippen molar-refractivity contribution in [2.24, 2.45) is 11.7 Å². The van der Waals surface area contributed by atoms with Gasteiger partial charge in [-0.05, 0) is 37.4 Å². The summed E-state index contributed by atoms with van der Waals surface area (Å²) in [6.45, 7) is 0. The Morgan fingerprint density at radius 3 is 2.21 bits per heavy atom. The minimum absolute atomic E-state index is 0.501. The van der Waals surface area contributed by atoms with E-state index in [0.717, 1.165) is 11.2 Å². The van der Waals surface area contributed by atoms with Crippen molar-refractivity contribution in [3.05, 3.63) is 0 Å².